The van der Waals surface area contributed by atoms with E-state index in [9.17, 15) is 9.90 Å². The number of aliphatic imine (C=N–C) groups is 1. The highest BCUT2D eigenvalue weighted by atomic mass is 16.6. The Morgan fingerprint density at radius 2 is 1.55 bits per heavy atom. The van der Waals surface area contributed by atoms with Crippen molar-refractivity contribution >= 4 is 23.6 Å². The summed E-state index contributed by atoms with van der Waals surface area (Å²) in [5.41, 5.74) is 2.08. The Balaban J connectivity index is 1.86. The molecule has 5 nitrogen and oxygen atoms in total. The second-order valence-corrected chi connectivity index (χ2v) is 6.19. The number of rotatable bonds is 6. The van der Waals surface area contributed by atoms with E-state index in [1.54, 1.807) is 31.4 Å². The van der Waals surface area contributed by atoms with Gasteiger partial charge in [-0.15, -0.1) is 0 Å². The first-order valence-corrected chi connectivity index (χ1v) is 9.07. The minimum Gasteiger partial charge on any atom is -0.503 e. The predicted molar refractivity (Wildman–Crippen MR) is 113 cm³/mol. The van der Waals surface area contributed by atoms with Crippen molar-refractivity contribution in [2.45, 2.75) is 6.42 Å². The van der Waals surface area contributed by atoms with E-state index in [-0.39, 0.29) is 18.1 Å². The molecule has 5 heteroatoms. The Morgan fingerprint density at radius 1 is 0.931 bits per heavy atom. The van der Waals surface area contributed by atoms with Crippen LogP contribution >= 0.6 is 0 Å². The van der Waals surface area contributed by atoms with Crippen LogP contribution in [0.1, 0.15) is 11.1 Å². The Kier molecular flexibility index (Phi) is 6.79. The summed E-state index contributed by atoms with van der Waals surface area (Å²) in [6.07, 6.45) is 1.57. The molecule has 0 heterocycles. The second-order valence-electron chi connectivity index (χ2n) is 6.19. The Bertz CT molecular complexity index is 994. The summed E-state index contributed by atoms with van der Waals surface area (Å²) in [6, 6.07) is 25.4. The van der Waals surface area contributed by atoms with Crippen molar-refractivity contribution in [3.63, 3.8) is 0 Å². The van der Waals surface area contributed by atoms with E-state index in [1.807, 2.05) is 60.7 Å². The quantitative estimate of drug-likeness (QED) is 0.276. The molecular weight excluding hydrogens is 366 g/mol. The highest BCUT2D eigenvalue weighted by molar-refractivity contribution is 6.02. The number of hydrogen-bond donors (Lipinski definition) is 1. The highest BCUT2D eigenvalue weighted by Crippen LogP contribution is 2.20. The van der Waals surface area contributed by atoms with Gasteiger partial charge in [-0.1, -0.05) is 60.7 Å². The Labute approximate surface area is 169 Å². The smallest absolute Gasteiger partial charge is 0.317 e. The summed E-state index contributed by atoms with van der Waals surface area (Å²) in [7, 11) is 1.57. The minimum atomic E-state index is -0.517. The van der Waals surface area contributed by atoms with E-state index >= 15 is 0 Å². The predicted octanol–water partition coefficient (Wildman–Crippen LogP) is 5.11. The third-order valence-corrected chi connectivity index (χ3v) is 4.03. The average molecular weight is 387 g/mol. The lowest BCUT2D eigenvalue weighted by Gasteiger charge is -2.08. The van der Waals surface area contributed by atoms with Gasteiger partial charge in [0.05, 0.1) is 19.2 Å². The van der Waals surface area contributed by atoms with Gasteiger partial charge in [0.2, 0.25) is 0 Å². The molecule has 3 aromatic rings. The van der Waals surface area contributed by atoms with Gasteiger partial charge in [-0.2, -0.15) is 0 Å². The number of carbonyl (C=O) groups is 1. The first-order valence-electron chi connectivity index (χ1n) is 9.07. The molecule has 1 N–H and O–H groups in total. The molecular formula is C24H21NO4. The third-order valence-electron chi connectivity index (χ3n) is 4.03. The summed E-state index contributed by atoms with van der Waals surface area (Å²) in [4.78, 5) is 16.7. The number of ether oxygens (including phenoxy) is 2. The van der Waals surface area contributed by atoms with E-state index in [2.05, 4.69) is 4.99 Å². The maximum atomic E-state index is 12.4. The van der Waals surface area contributed by atoms with E-state index in [0.29, 0.717) is 11.4 Å². The van der Waals surface area contributed by atoms with Crippen molar-refractivity contribution in [1.29, 1.82) is 0 Å². The van der Waals surface area contributed by atoms with Gasteiger partial charge in [0.1, 0.15) is 5.75 Å². The van der Waals surface area contributed by atoms with Gasteiger partial charge in [0.15, 0.2) is 5.76 Å². The summed E-state index contributed by atoms with van der Waals surface area (Å²) in [6.45, 7) is 0. The SMILES string of the molecule is COc1ccc(N=C(OC(=O)Cc2ccccc2)/C(O)=C/c2ccccc2)cc1. The van der Waals surface area contributed by atoms with Crippen LogP contribution in [0.4, 0.5) is 5.69 Å². The molecule has 0 aliphatic rings. The summed E-state index contributed by atoms with van der Waals surface area (Å²) >= 11 is 0. The molecule has 0 spiro atoms. The van der Waals surface area contributed by atoms with E-state index in [1.165, 1.54) is 6.08 Å². The highest BCUT2D eigenvalue weighted by Gasteiger charge is 2.14. The lowest BCUT2D eigenvalue weighted by molar-refractivity contribution is -0.134. The fourth-order valence-corrected chi connectivity index (χ4v) is 2.58. The van der Waals surface area contributed by atoms with Gasteiger partial charge in [0, 0.05) is 0 Å². The van der Waals surface area contributed by atoms with Gasteiger partial charge in [-0.05, 0) is 41.5 Å². The molecule has 3 aromatic carbocycles. The van der Waals surface area contributed by atoms with Crippen molar-refractivity contribution in [2.24, 2.45) is 4.99 Å². The fourth-order valence-electron chi connectivity index (χ4n) is 2.58. The standard InChI is InChI=1S/C24H21NO4/c1-28-21-14-12-20(13-15-21)25-24(22(26)16-18-8-4-2-5-9-18)29-23(27)17-19-10-6-3-7-11-19/h2-16,26H,17H2,1H3/b22-16-,25-24?. The van der Waals surface area contributed by atoms with Gasteiger partial charge >= 0.3 is 5.97 Å². The van der Waals surface area contributed by atoms with Crippen LogP contribution in [0.3, 0.4) is 0 Å². The molecule has 0 fully saturated rings. The maximum Gasteiger partial charge on any atom is 0.317 e. The number of aliphatic hydroxyl groups excluding tert-OH is 1. The molecule has 0 aromatic heterocycles. The molecule has 3 rings (SSSR count). The van der Waals surface area contributed by atoms with Crippen LogP contribution < -0.4 is 4.74 Å². The molecule has 0 saturated heterocycles. The summed E-state index contributed by atoms with van der Waals surface area (Å²) in [5.74, 6) is -0.250. The molecule has 146 valence electrons. The lowest BCUT2D eigenvalue weighted by Crippen LogP contribution is -2.16. The van der Waals surface area contributed by atoms with E-state index in [0.717, 1.165) is 11.1 Å². The average Bonchev–Trinajstić information content (AvgIpc) is 2.75. The Hall–Kier alpha value is -3.86. The number of esters is 1. The van der Waals surface area contributed by atoms with Gasteiger partial charge in [-0.3, -0.25) is 4.79 Å². The number of methoxy groups -OCH3 is 1. The topological polar surface area (TPSA) is 68.1 Å². The number of carbonyl (C=O) groups excluding carboxylic acids is 1. The summed E-state index contributed by atoms with van der Waals surface area (Å²) in [5, 5.41) is 10.6. The van der Waals surface area contributed by atoms with Crippen LogP contribution in [0, 0.1) is 0 Å². The monoisotopic (exact) mass is 387 g/mol. The number of aliphatic hydroxyl groups is 1. The van der Waals surface area contributed by atoms with Gasteiger partial charge in [0.25, 0.3) is 5.90 Å². The molecule has 0 aliphatic carbocycles. The van der Waals surface area contributed by atoms with Gasteiger partial charge < -0.3 is 14.6 Å². The molecule has 0 saturated carbocycles. The van der Waals surface area contributed by atoms with Gasteiger partial charge in [-0.25, -0.2) is 4.99 Å². The molecule has 0 atom stereocenters. The van der Waals surface area contributed by atoms with Crippen LogP contribution in [0.2, 0.25) is 0 Å². The molecule has 0 unspecified atom stereocenters. The lowest BCUT2D eigenvalue weighted by atomic mass is 10.1. The normalized spacial score (nSPS) is 11.8. The van der Waals surface area contributed by atoms with Crippen LogP contribution in [-0.2, 0) is 16.0 Å². The van der Waals surface area contributed by atoms with Crippen LogP contribution in [-0.4, -0.2) is 24.1 Å². The first kappa shape index (κ1) is 19.9. The van der Waals surface area contributed by atoms with Crippen molar-refractivity contribution in [1.82, 2.24) is 0 Å². The van der Waals surface area contributed by atoms with Crippen LogP contribution in [0.15, 0.2) is 95.7 Å². The molecule has 29 heavy (non-hydrogen) atoms. The van der Waals surface area contributed by atoms with E-state index < -0.39 is 5.97 Å². The first-order chi connectivity index (χ1) is 14.1. The zero-order chi connectivity index (χ0) is 20.5. The van der Waals surface area contributed by atoms with Crippen molar-refractivity contribution in [2.75, 3.05) is 7.11 Å². The van der Waals surface area contributed by atoms with Crippen molar-refractivity contribution in [3.05, 3.63) is 102 Å². The summed E-state index contributed by atoms with van der Waals surface area (Å²) < 4.78 is 10.5. The number of nitrogens with zero attached hydrogens (tertiary/aromatic N) is 1. The molecule has 0 bridgehead atoms. The third kappa shape index (κ3) is 6.07. The number of benzene rings is 3. The Morgan fingerprint density at radius 3 is 2.17 bits per heavy atom. The largest absolute Gasteiger partial charge is 0.503 e. The zero-order valence-corrected chi connectivity index (χ0v) is 16.0. The van der Waals surface area contributed by atoms with Crippen LogP contribution in [0.5, 0.6) is 5.75 Å². The molecule has 0 aliphatic heterocycles. The van der Waals surface area contributed by atoms with E-state index in [4.69, 9.17) is 9.47 Å². The molecule has 0 amide bonds. The van der Waals surface area contributed by atoms with Crippen molar-refractivity contribution in [3.8, 4) is 5.75 Å². The second kappa shape index (κ2) is 9.90. The number of hydrogen-bond acceptors (Lipinski definition) is 5. The fraction of sp³-hybridized carbons (Fsp3) is 0.0833. The van der Waals surface area contributed by atoms with Crippen LogP contribution in [0.25, 0.3) is 6.08 Å². The van der Waals surface area contributed by atoms with Crippen molar-refractivity contribution < 1.29 is 19.4 Å². The molecule has 0 radical (unpaired) electrons. The maximum absolute atomic E-state index is 12.4. The zero-order valence-electron chi connectivity index (χ0n) is 16.0. The minimum absolute atomic E-state index is 0.0705.